The summed E-state index contributed by atoms with van der Waals surface area (Å²) in [5.41, 5.74) is 2.07. The zero-order chi connectivity index (χ0) is 17.7. The van der Waals surface area contributed by atoms with Crippen LogP contribution in [0.15, 0.2) is 23.6 Å². The van der Waals surface area contributed by atoms with Gasteiger partial charge in [-0.2, -0.15) is 0 Å². The first-order valence-electron chi connectivity index (χ1n) is 7.55. The number of methoxy groups -OCH3 is 1. The first kappa shape index (κ1) is 17.8. The van der Waals surface area contributed by atoms with Gasteiger partial charge in [0.25, 0.3) is 5.91 Å². The summed E-state index contributed by atoms with van der Waals surface area (Å²) in [6.45, 7) is 2.02. The Hall–Kier alpha value is -2.55. The van der Waals surface area contributed by atoms with Crippen molar-refractivity contribution in [2.24, 2.45) is 11.8 Å². The highest BCUT2D eigenvalue weighted by atomic mass is 16.8. The van der Waals surface area contributed by atoms with Gasteiger partial charge in [-0.15, -0.1) is 0 Å². The molecule has 0 spiro atoms. The van der Waals surface area contributed by atoms with E-state index in [1.807, 2.05) is 0 Å². The summed E-state index contributed by atoms with van der Waals surface area (Å²) >= 11 is 0. The highest BCUT2D eigenvalue weighted by Crippen LogP contribution is 2.26. The molecule has 0 bridgehead atoms. The number of hydrogen-bond donors (Lipinski definition) is 2. The maximum Gasteiger partial charge on any atom is 0.510 e. The molecule has 132 valence electrons. The molecule has 2 rings (SSSR count). The average molecular weight is 339 g/mol. The minimum absolute atomic E-state index is 0.158. The third-order valence-corrected chi connectivity index (χ3v) is 3.95. The highest BCUT2D eigenvalue weighted by molar-refractivity contribution is 6.09. The van der Waals surface area contributed by atoms with Gasteiger partial charge in [-0.25, -0.2) is 4.79 Å². The SMILES string of the molecule is COC(=O)OCO/C1=C(/NN)C(=O)N2C[C@H](C)CC[C@H]2/C=C\C1=O. The summed E-state index contributed by atoms with van der Waals surface area (Å²) in [4.78, 5) is 37.6. The van der Waals surface area contributed by atoms with Gasteiger partial charge < -0.3 is 24.5 Å². The Bertz CT molecular complexity index is 586. The van der Waals surface area contributed by atoms with Crippen LogP contribution in [0, 0.1) is 5.92 Å². The number of hydrogen-bond acceptors (Lipinski definition) is 8. The number of ether oxygens (including phenoxy) is 3. The summed E-state index contributed by atoms with van der Waals surface area (Å²) in [7, 11) is 1.14. The predicted octanol–water partition coefficient (Wildman–Crippen LogP) is 0.184. The lowest BCUT2D eigenvalue weighted by Crippen LogP contribution is -2.50. The zero-order valence-corrected chi connectivity index (χ0v) is 13.6. The van der Waals surface area contributed by atoms with E-state index in [4.69, 9.17) is 10.6 Å². The van der Waals surface area contributed by atoms with Crippen LogP contribution in [0.2, 0.25) is 0 Å². The molecule has 0 aromatic rings. The van der Waals surface area contributed by atoms with E-state index in [-0.39, 0.29) is 17.5 Å². The fraction of sp³-hybridized carbons (Fsp3) is 0.533. The first-order chi connectivity index (χ1) is 11.5. The van der Waals surface area contributed by atoms with Crippen molar-refractivity contribution in [1.82, 2.24) is 10.3 Å². The van der Waals surface area contributed by atoms with Crippen LogP contribution in [0.3, 0.4) is 0 Å². The van der Waals surface area contributed by atoms with Gasteiger partial charge in [0.2, 0.25) is 18.3 Å². The fourth-order valence-corrected chi connectivity index (χ4v) is 2.71. The summed E-state index contributed by atoms with van der Waals surface area (Å²) < 4.78 is 14.0. The van der Waals surface area contributed by atoms with Crippen LogP contribution in [-0.2, 0) is 23.8 Å². The molecule has 1 saturated heterocycles. The fourth-order valence-electron chi connectivity index (χ4n) is 2.71. The summed E-state index contributed by atoms with van der Waals surface area (Å²) in [5, 5.41) is 0. The quantitative estimate of drug-likeness (QED) is 0.322. The molecule has 0 aromatic heterocycles. The third-order valence-electron chi connectivity index (χ3n) is 3.95. The van der Waals surface area contributed by atoms with Crippen molar-refractivity contribution in [3.05, 3.63) is 23.6 Å². The van der Waals surface area contributed by atoms with Crippen molar-refractivity contribution in [1.29, 1.82) is 0 Å². The van der Waals surface area contributed by atoms with E-state index in [0.29, 0.717) is 12.5 Å². The number of carbonyl (C=O) groups is 3. The molecule has 1 fully saturated rings. The molecule has 0 aliphatic carbocycles. The second kappa shape index (κ2) is 7.82. The normalized spacial score (nSPS) is 28.4. The third kappa shape index (κ3) is 3.85. The first-order valence-corrected chi connectivity index (χ1v) is 7.55. The van der Waals surface area contributed by atoms with E-state index in [0.717, 1.165) is 20.0 Å². The second-order valence-electron chi connectivity index (χ2n) is 5.64. The van der Waals surface area contributed by atoms with E-state index in [9.17, 15) is 14.4 Å². The molecule has 0 radical (unpaired) electrons. The number of carbonyl (C=O) groups excluding carboxylic acids is 3. The van der Waals surface area contributed by atoms with Crippen molar-refractivity contribution in [3.63, 3.8) is 0 Å². The van der Waals surface area contributed by atoms with Crippen molar-refractivity contribution in [2.45, 2.75) is 25.8 Å². The van der Waals surface area contributed by atoms with Crippen molar-refractivity contribution < 1.29 is 28.6 Å². The maximum absolute atomic E-state index is 12.7. The maximum atomic E-state index is 12.7. The molecule has 0 aromatic carbocycles. The molecule has 9 nitrogen and oxygen atoms in total. The summed E-state index contributed by atoms with van der Waals surface area (Å²) in [6.07, 6.45) is 3.80. The van der Waals surface area contributed by atoms with Crippen LogP contribution in [0.1, 0.15) is 19.8 Å². The molecule has 2 aliphatic heterocycles. The molecule has 0 saturated carbocycles. The van der Waals surface area contributed by atoms with Crippen molar-refractivity contribution in [3.8, 4) is 0 Å². The lowest BCUT2D eigenvalue weighted by atomic mass is 9.92. The van der Waals surface area contributed by atoms with Crippen LogP contribution in [0.5, 0.6) is 0 Å². The number of nitrogens with one attached hydrogen (secondary N) is 1. The largest absolute Gasteiger partial charge is 0.510 e. The number of rotatable bonds is 4. The predicted molar refractivity (Wildman–Crippen MR) is 81.8 cm³/mol. The van der Waals surface area contributed by atoms with E-state index in [1.165, 1.54) is 6.08 Å². The minimum atomic E-state index is -0.970. The molecule has 2 atom stereocenters. The topological polar surface area (TPSA) is 120 Å². The van der Waals surface area contributed by atoms with Crippen LogP contribution < -0.4 is 11.3 Å². The molecule has 2 aliphatic rings. The van der Waals surface area contributed by atoms with Crippen LogP contribution in [-0.4, -0.2) is 49.2 Å². The number of piperidine rings is 1. The van der Waals surface area contributed by atoms with Gasteiger partial charge in [-0.1, -0.05) is 13.0 Å². The number of nitrogens with two attached hydrogens (primary N) is 1. The average Bonchev–Trinajstić information content (AvgIpc) is 2.58. The number of nitrogens with zero attached hydrogens (tertiary/aromatic N) is 1. The van der Waals surface area contributed by atoms with Gasteiger partial charge in [0.1, 0.15) is 0 Å². The number of fused-ring (bicyclic) bond motifs is 1. The number of allylic oxidation sites excluding steroid dienone is 1. The second-order valence-corrected chi connectivity index (χ2v) is 5.64. The lowest BCUT2D eigenvalue weighted by molar-refractivity contribution is -0.132. The van der Waals surface area contributed by atoms with Crippen LogP contribution >= 0.6 is 0 Å². The van der Waals surface area contributed by atoms with E-state index >= 15 is 0 Å². The standard InChI is InChI=1S/C15H21N3O6/c1-9-3-4-10-5-6-11(19)13(23-8-24-15(21)22-2)12(17-16)14(20)18(10)7-9/h5-6,9-10,17H,3-4,7-8,16H2,1-2H3/b6-5-,13-12+/t9-,10+/m1/s1. The Kier molecular flexibility index (Phi) is 5.80. The zero-order valence-electron chi connectivity index (χ0n) is 13.6. The lowest BCUT2D eigenvalue weighted by Gasteiger charge is -2.38. The van der Waals surface area contributed by atoms with Gasteiger partial charge in [-0.05, 0) is 24.8 Å². The Balaban J connectivity index is 2.25. The van der Waals surface area contributed by atoms with Gasteiger partial charge in [0.05, 0.1) is 13.2 Å². The smallest absolute Gasteiger partial charge is 0.451 e. The van der Waals surface area contributed by atoms with E-state index < -0.39 is 24.6 Å². The van der Waals surface area contributed by atoms with Gasteiger partial charge in [-0.3, -0.25) is 15.4 Å². The Labute approximate surface area is 139 Å². The molecule has 3 N–H and O–H groups in total. The molecule has 24 heavy (non-hydrogen) atoms. The van der Waals surface area contributed by atoms with Gasteiger partial charge in [0, 0.05) is 6.54 Å². The molecular weight excluding hydrogens is 318 g/mol. The Morgan fingerprint density at radius 1 is 1.42 bits per heavy atom. The number of ketones is 1. The molecule has 2 heterocycles. The monoisotopic (exact) mass is 339 g/mol. The van der Waals surface area contributed by atoms with Crippen LogP contribution in [0.25, 0.3) is 0 Å². The molecule has 9 heteroatoms. The van der Waals surface area contributed by atoms with E-state index in [1.54, 1.807) is 11.0 Å². The minimum Gasteiger partial charge on any atom is -0.451 e. The van der Waals surface area contributed by atoms with Crippen molar-refractivity contribution in [2.75, 3.05) is 20.4 Å². The molecule has 1 amide bonds. The molecule has 0 unspecified atom stereocenters. The molecular formula is C15H21N3O6. The number of hydrazine groups is 1. The van der Waals surface area contributed by atoms with Gasteiger partial charge >= 0.3 is 6.16 Å². The Morgan fingerprint density at radius 3 is 2.83 bits per heavy atom. The van der Waals surface area contributed by atoms with Crippen molar-refractivity contribution >= 4 is 17.8 Å². The Morgan fingerprint density at radius 2 is 2.17 bits per heavy atom. The van der Waals surface area contributed by atoms with Crippen LogP contribution in [0.4, 0.5) is 4.79 Å². The highest BCUT2D eigenvalue weighted by Gasteiger charge is 2.34. The summed E-state index contributed by atoms with van der Waals surface area (Å²) in [5.74, 6) is 4.51. The van der Waals surface area contributed by atoms with E-state index in [2.05, 4.69) is 21.8 Å². The number of amides is 1. The summed E-state index contributed by atoms with van der Waals surface area (Å²) in [6, 6.07) is -0.158. The van der Waals surface area contributed by atoms with Gasteiger partial charge in [0.15, 0.2) is 5.70 Å².